The standard InChI is InChI=1S/C28H35ClO7.C27H33ClO6/c1-7-25-17(3)26(34-18(4)30)27(35-19(5)31)28(32-6,36-25)22-11-14-24(29)21(16-22)15-20-9-12-23(13-10-20)33-8-2;1-6-24-16(3)25(32-17(4)29)27(33-18(5)30)26(34-24)20-10-13-23(28)21(15-20)14-19-8-11-22(12-9-19)31-7-2/h9-14,16-17,25-27H,7-8,15H2,1-6H3;8-13,15-16,24-27H,6-7,14H2,1-5H3/t17-,25-,26+,27-,28+;16-,24-,25+,26+,27-/m11/s1. The number of methoxy groups -OCH3 is 1. The van der Waals surface area contributed by atoms with E-state index in [1.807, 2.05) is 114 Å². The van der Waals surface area contributed by atoms with E-state index in [-0.39, 0.29) is 24.0 Å². The summed E-state index contributed by atoms with van der Waals surface area (Å²) in [6.07, 6.45) is -1.70. The van der Waals surface area contributed by atoms with Crippen LogP contribution in [0, 0.1) is 11.8 Å². The fourth-order valence-electron chi connectivity index (χ4n) is 9.27. The predicted molar refractivity (Wildman–Crippen MR) is 266 cm³/mol. The molecule has 10 atom stereocenters. The Morgan fingerprint density at radius 3 is 1.50 bits per heavy atom. The van der Waals surface area contributed by atoms with Crippen molar-refractivity contribution in [1.82, 2.24) is 0 Å². The summed E-state index contributed by atoms with van der Waals surface area (Å²) in [5.74, 6) is -2.13. The van der Waals surface area contributed by atoms with Gasteiger partial charge in [-0.3, -0.25) is 19.2 Å². The first-order valence-corrected chi connectivity index (χ1v) is 24.7. The van der Waals surface area contributed by atoms with E-state index in [0.29, 0.717) is 48.1 Å². The summed E-state index contributed by atoms with van der Waals surface area (Å²) in [6.45, 7) is 18.3. The zero-order valence-corrected chi connectivity index (χ0v) is 43.6. The van der Waals surface area contributed by atoms with Gasteiger partial charge in [0.2, 0.25) is 5.79 Å². The third-order valence-corrected chi connectivity index (χ3v) is 13.3. The van der Waals surface area contributed by atoms with Gasteiger partial charge in [-0.1, -0.05) is 93.4 Å². The van der Waals surface area contributed by atoms with Gasteiger partial charge in [0.05, 0.1) is 25.4 Å². The van der Waals surface area contributed by atoms with Crippen LogP contribution in [0.2, 0.25) is 10.0 Å². The number of benzene rings is 4. The molecule has 0 radical (unpaired) electrons. The van der Waals surface area contributed by atoms with Crippen LogP contribution < -0.4 is 9.47 Å². The van der Waals surface area contributed by atoms with Gasteiger partial charge in [-0.05, 0) is 110 Å². The summed E-state index contributed by atoms with van der Waals surface area (Å²) in [6, 6.07) is 26.9. The molecular weight excluding hydrogens is 939 g/mol. The monoisotopic (exact) mass is 1010 g/mol. The van der Waals surface area contributed by atoms with E-state index in [2.05, 4.69) is 0 Å². The largest absolute Gasteiger partial charge is 0.494 e. The fourth-order valence-corrected chi connectivity index (χ4v) is 9.64. The van der Waals surface area contributed by atoms with Crippen molar-refractivity contribution in [3.05, 3.63) is 128 Å². The lowest BCUT2D eigenvalue weighted by molar-refractivity contribution is -0.356. The Hall–Kier alpha value is -5.18. The van der Waals surface area contributed by atoms with Crippen LogP contribution in [0.4, 0.5) is 0 Å². The molecule has 0 N–H and O–H groups in total. The van der Waals surface area contributed by atoms with E-state index < -0.39 is 60.2 Å². The molecule has 0 saturated carbocycles. The van der Waals surface area contributed by atoms with Crippen LogP contribution in [-0.2, 0) is 71.0 Å². The molecule has 0 amide bonds. The zero-order chi connectivity index (χ0) is 51.3. The molecular formula is C55H68Cl2O13. The second-order valence-electron chi connectivity index (χ2n) is 17.6. The van der Waals surface area contributed by atoms with Gasteiger partial charge in [-0.2, -0.15) is 0 Å². The second-order valence-corrected chi connectivity index (χ2v) is 18.4. The highest BCUT2D eigenvalue weighted by Crippen LogP contribution is 2.46. The molecule has 4 aromatic rings. The van der Waals surface area contributed by atoms with Crippen LogP contribution in [0.5, 0.6) is 11.5 Å². The molecule has 380 valence electrons. The van der Waals surface area contributed by atoms with Crippen molar-refractivity contribution >= 4 is 47.1 Å². The number of rotatable bonds is 17. The van der Waals surface area contributed by atoms with Crippen LogP contribution in [0.3, 0.4) is 0 Å². The molecule has 0 unspecified atom stereocenters. The number of esters is 4. The maximum absolute atomic E-state index is 12.2. The van der Waals surface area contributed by atoms with E-state index in [4.69, 9.17) is 65.8 Å². The lowest BCUT2D eigenvalue weighted by Crippen LogP contribution is -2.62. The van der Waals surface area contributed by atoms with Gasteiger partial charge in [0.25, 0.3) is 0 Å². The third-order valence-electron chi connectivity index (χ3n) is 12.6. The summed E-state index contributed by atoms with van der Waals surface area (Å²) >= 11 is 13.1. The highest BCUT2D eigenvalue weighted by Gasteiger charge is 2.58. The molecule has 0 aliphatic carbocycles. The Morgan fingerprint density at radius 1 is 0.571 bits per heavy atom. The van der Waals surface area contributed by atoms with Crippen molar-refractivity contribution in [2.24, 2.45) is 11.8 Å². The molecule has 15 heteroatoms. The maximum Gasteiger partial charge on any atom is 0.303 e. The van der Waals surface area contributed by atoms with Crippen molar-refractivity contribution in [2.75, 3.05) is 20.3 Å². The molecule has 70 heavy (non-hydrogen) atoms. The Balaban J connectivity index is 0.000000261. The summed E-state index contributed by atoms with van der Waals surface area (Å²) in [5.41, 5.74) is 5.33. The van der Waals surface area contributed by atoms with Crippen LogP contribution >= 0.6 is 23.2 Å². The highest BCUT2D eigenvalue weighted by molar-refractivity contribution is 6.31. The molecule has 0 spiro atoms. The summed E-state index contributed by atoms with van der Waals surface area (Å²) in [5, 5.41) is 1.21. The van der Waals surface area contributed by atoms with Crippen molar-refractivity contribution in [1.29, 1.82) is 0 Å². The van der Waals surface area contributed by atoms with E-state index in [1.54, 1.807) is 12.1 Å². The predicted octanol–water partition coefficient (Wildman–Crippen LogP) is 11.1. The number of hydrogen-bond acceptors (Lipinski definition) is 13. The first-order chi connectivity index (χ1) is 33.4. The Kier molecular flexibility index (Phi) is 20.5. The van der Waals surface area contributed by atoms with Gasteiger partial charge < -0.3 is 42.6 Å². The van der Waals surface area contributed by atoms with Crippen LogP contribution in [0.1, 0.15) is 122 Å². The summed E-state index contributed by atoms with van der Waals surface area (Å²) in [4.78, 5) is 48.0. The van der Waals surface area contributed by atoms with Gasteiger partial charge in [-0.15, -0.1) is 0 Å². The quantitative estimate of drug-likeness (QED) is 0.0729. The smallest absolute Gasteiger partial charge is 0.303 e. The van der Waals surface area contributed by atoms with Crippen molar-refractivity contribution in [2.45, 2.75) is 143 Å². The lowest BCUT2D eigenvalue weighted by Gasteiger charge is -2.50. The minimum absolute atomic E-state index is 0.134. The van der Waals surface area contributed by atoms with Crippen LogP contribution in [0.25, 0.3) is 0 Å². The number of halogens is 2. The topological polar surface area (TPSA) is 151 Å². The number of carbonyl (C=O) groups excluding carboxylic acids is 4. The number of ether oxygens (including phenoxy) is 9. The molecule has 4 aromatic carbocycles. The van der Waals surface area contributed by atoms with Crippen LogP contribution in [-0.4, -0.2) is 80.8 Å². The minimum Gasteiger partial charge on any atom is -0.494 e. The maximum atomic E-state index is 12.2. The Bertz CT molecular complexity index is 2370. The zero-order valence-electron chi connectivity index (χ0n) is 42.1. The summed E-state index contributed by atoms with van der Waals surface area (Å²) in [7, 11) is 1.49. The first-order valence-electron chi connectivity index (χ1n) is 24.0. The van der Waals surface area contributed by atoms with Gasteiger partial charge in [-0.25, -0.2) is 0 Å². The van der Waals surface area contributed by atoms with E-state index in [1.165, 1.54) is 34.8 Å². The second kappa shape index (κ2) is 25.8. The number of carbonyl (C=O) groups is 4. The molecule has 2 heterocycles. The van der Waals surface area contributed by atoms with E-state index in [9.17, 15) is 19.2 Å². The minimum atomic E-state index is -1.50. The number of hydrogen-bond donors (Lipinski definition) is 0. The average Bonchev–Trinajstić information content (AvgIpc) is 3.32. The van der Waals surface area contributed by atoms with E-state index >= 15 is 0 Å². The molecule has 6 rings (SSSR count). The normalized spacial score (nSPS) is 25.1. The van der Waals surface area contributed by atoms with Crippen molar-refractivity contribution in [3.8, 4) is 11.5 Å². The summed E-state index contributed by atoms with van der Waals surface area (Å²) < 4.78 is 52.8. The van der Waals surface area contributed by atoms with Gasteiger partial charge >= 0.3 is 23.9 Å². The van der Waals surface area contributed by atoms with Gasteiger partial charge in [0, 0.05) is 62.2 Å². The molecule has 2 aliphatic rings. The Morgan fingerprint density at radius 2 is 1.03 bits per heavy atom. The molecule has 2 saturated heterocycles. The van der Waals surface area contributed by atoms with Gasteiger partial charge in [0.1, 0.15) is 29.8 Å². The van der Waals surface area contributed by atoms with Crippen LogP contribution in [0.15, 0.2) is 84.9 Å². The average molecular weight is 1010 g/mol. The molecule has 0 bridgehead atoms. The lowest BCUT2D eigenvalue weighted by atomic mass is 9.81. The third kappa shape index (κ3) is 14.0. The van der Waals surface area contributed by atoms with E-state index in [0.717, 1.165) is 45.7 Å². The first kappa shape index (κ1) is 55.7. The molecule has 2 fully saturated rings. The van der Waals surface area contributed by atoms with Gasteiger partial charge in [0.15, 0.2) is 12.2 Å². The highest BCUT2D eigenvalue weighted by atomic mass is 35.5. The molecule has 0 aromatic heterocycles. The SMILES string of the molecule is CCOc1ccc(Cc2cc([C@@H]3O[C@H](CC)[C@@H](C)[C@H](OC(C)=O)[C@H]3OC(C)=O)ccc2Cl)cc1.CCOc1ccc(Cc2cc([C@]3(OC)O[C@H](CC)[C@@H](C)[C@H](OC(C)=O)[C@H]3OC(C)=O)ccc2Cl)cc1. The molecule has 13 nitrogen and oxygen atoms in total. The van der Waals surface area contributed by atoms with Crippen molar-refractivity contribution in [3.63, 3.8) is 0 Å². The van der Waals surface area contributed by atoms with Crippen molar-refractivity contribution < 1.29 is 61.8 Å². The molecule has 2 aliphatic heterocycles. The Labute approximate surface area is 422 Å². The fraction of sp³-hybridized carbons (Fsp3) is 0.491.